The molecule has 4 rings (SSSR count). The first-order valence-corrected chi connectivity index (χ1v) is 17.4. The fourth-order valence-electron chi connectivity index (χ4n) is 4.84. The van der Waals surface area contributed by atoms with Crippen molar-refractivity contribution in [3.05, 3.63) is 124 Å². The first kappa shape index (κ1) is 38.2. The van der Waals surface area contributed by atoms with Crippen molar-refractivity contribution in [2.75, 3.05) is 17.6 Å². The van der Waals surface area contributed by atoms with E-state index in [1.807, 2.05) is 30.3 Å². The zero-order chi connectivity index (χ0) is 36.7. The van der Waals surface area contributed by atoms with Gasteiger partial charge >= 0.3 is 6.36 Å². The normalized spacial score (nSPS) is 12.8. The Bertz CT molecular complexity index is 1940. The number of amides is 2. The lowest BCUT2D eigenvalue weighted by Gasteiger charge is -2.19. The lowest BCUT2D eigenvalue weighted by atomic mass is 9.89. The summed E-state index contributed by atoms with van der Waals surface area (Å²) in [6.07, 6.45) is -0.445. The number of nitrogens with one attached hydrogen (secondary N) is 2. The lowest BCUT2D eigenvalue weighted by Crippen LogP contribution is -2.28. The minimum absolute atomic E-state index is 0.0134. The van der Waals surface area contributed by atoms with E-state index in [2.05, 4.69) is 42.2 Å². The van der Waals surface area contributed by atoms with Crippen LogP contribution in [0.2, 0.25) is 5.02 Å². The molecule has 4 aromatic carbocycles. The molecule has 0 saturated carbocycles. The average molecular weight is 729 g/mol. The lowest BCUT2D eigenvalue weighted by molar-refractivity contribution is -0.274. The van der Waals surface area contributed by atoms with E-state index in [9.17, 15) is 31.2 Å². The first-order valence-electron chi connectivity index (χ1n) is 15.4. The minimum Gasteiger partial charge on any atom is -0.406 e. The van der Waals surface area contributed by atoms with Crippen LogP contribution in [0.15, 0.2) is 97.1 Å². The Morgan fingerprint density at radius 2 is 1.52 bits per heavy atom. The van der Waals surface area contributed by atoms with Crippen molar-refractivity contribution in [1.82, 2.24) is 5.32 Å². The molecule has 0 spiro atoms. The van der Waals surface area contributed by atoms with Gasteiger partial charge < -0.3 is 15.4 Å². The van der Waals surface area contributed by atoms with Gasteiger partial charge in [0, 0.05) is 12.1 Å². The molecule has 2 amide bonds. The van der Waals surface area contributed by atoms with Crippen molar-refractivity contribution >= 4 is 45.3 Å². The van der Waals surface area contributed by atoms with Crippen LogP contribution in [-0.4, -0.2) is 43.4 Å². The van der Waals surface area contributed by atoms with Gasteiger partial charge in [0.2, 0.25) is 5.91 Å². The summed E-state index contributed by atoms with van der Waals surface area (Å²) in [5.74, 6) is -2.51. The predicted octanol–water partition coefficient (Wildman–Crippen LogP) is 8.55. The summed E-state index contributed by atoms with van der Waals surface area (Å²) in [5.41, 5.74) is 4.24. The van der Waals surface area contributed by atoms with Gasteiger partial charge in [0.25, 0.3) is 16.0 Å². The summed E-state index contributed by atoms with van der Waals surface area (Å²) >= 11 is 6.57. The van der Waals surface area contributed by atoms with Crippen LogP contribution in [0.25, 0.3) is 17.2 Å². The largest absolute Gasteiger partial charge is 0.573 e. The number of alkyl halides is 3. The van der Waals surface area contributed by atoms with Crippen molar-refractivity contribution < 1.29 is 40.5 Å². The standard InChI is InChI=1S/C37H36ClF3N2O6S/c1-36(2,3)19-18-24-4-8-27(9-5-24)31(22-25-6-10-28(11-7-25)34(44)42-20-21-50(46,47)48)35(45)43-33-17-14-29(23-32(33)38)26-12-15-30(16-13-26)49-37(39,40)41/h4-19,23,31H,20-22H2,1-3H3,(H,42,44)(H,43,45)(H,46,47,48). The molecule has 0 aliphatic heterocycles. The van der Waals surface area contributed by atoms with Crippen LogP contribution in [0.5, 0.6) is 5.75 Å². The highest BCUT2D eigenvalue weighted by atomic mass is 35.5. The summed E-state index contributed by atoms with van der Waals surface area (Å²) < 4.78 is 72.3. The Morgan fingerprint density at radius 1 is 0.900 bits per heavy atom. The Labute approximate surface area is 294 Å². The molecule has 0 saturated heterocycles. The van der Waals surface area contributed by atoms with Crippen LogP contribution < -0.4 is 15.4 Å². The van der Waals surface area contributed by atoms with Crippen molar-refractivity contribution in [3.63, 3.8) is 0 Å². The third kappa shape index (κ3) is 12.0. The second kappa shape index (κ2) is 15.9. The monoisotopic (exact) mass is 728 g/mol. The molecule has 0 heterocycles. The molecule has 3 N–H and O–H groups in total. The van der Waals surface area contributed by atoms with E-state index in [0.717, 1.165) is 16.7 Å². The van der Waals surface area contributed by atoms with Gasteiger partial charge in [0.1, 0.15) is 5.75 Å². The first-order chi connectivity index (χ1) is 23.3. The van der Waals surface area contributed by atoms with Crippen LogP contribution in [0.4, 0.5) is 18.9 Å². The Morgan fingerprint density at radius 3 is 2.08 bits per heavy atom. The molecule has 0 aromatic heterocycles. The molecule has 50 heavy (non-hydrogen) atoms. The molecule has 4 aromatic rings. The molecule has 1 atom stereocenters. The fraction of sp³-hybridized carbons (Fsp3) is 0.243. The van der Waals surface area contributed by atoms with Gasteiger partial charge in [-0.15, -0.1) is 13.2 Å². The van der Waals surface area contributed by atoms with E-state index in [1.165, 1.54) is 24.3 Å². The number of carbonyl (C=O) groups excluding carboxylic acids is 2. The fourth-order valence-corrected chi connectivity index (χ4v) is 5.42. The zero-order valence-electron chi connectivity index (χ0n) is 27.4. The summed E-state index contributed by atoms with van der Waals surface area (Å²) in [4.78, 5) is 26.3. The van der Waals surface area contributed by atoms with Crippen LogP contribution in [-0.2, 0) is 21.3 Å². The topological polar surface area (TPSA) is 122 Å². The van der Waals surface area contributed by atoms with Crippen molar-refractivity contribution in [1.29, 1.82) is 0 Å². The number of hydrogen-bond acceptors (Lipinski definition) is 5. The van der Waals surface area contributed by atoms with Gasteiger partial charge in [0.15, 0.2) is 0 Å². The maximum Gasteiger partial charge on any atom is 0.573 e. The number of hydrogen-bond donors (Lipinski definition) is 3. The highest BCUT2D eigenvalue weighted by Gasteiger charge is 2.31. The summed E-state index contributed by atoms with van der Waals surface area (Å²) in [5, 5.41) is 5.56. The number of rotatable bonds is 12. The minimum atomic E-state index is -4.80. The third-order valence-corrected chi connectivity index (χ3v) is 8.41. The molecule has 8 nitrogen and oxygen atoms in total. The second-order valence-electron chi connectivity index (χ2n) is 12.6. The van der Waals surface area contributed by atoms with Crippen molar-refractivity contribution in [2.45, 2.75) is 39.5 Å². The van der Waals surface area contributed by atoms with Crippen molar-refractivity contribution in [3.8, 4) is 16.9 Å². The molecule has 0 aliphatic rings. The van der Waals surface area contributed by atoms with Crippen LogP contribution in [0.1, 0.15) is 53.7 Å². The summed E-state index contributed by atoms with van der Waals surface area (Å²) in [7, 11) is -4.22. The number of benzene rings is 4. The van der Waals surface area contributed by atoms with E-state index in [0.29, 0.717) is 16.8 Å². The summed E-state index contributed by atoms with van der Waals surface area (Å²) in [6, 6.07) is 24.3. The number of anilines is 1. The van der Waals surface area contributed by atoms with Gasteiger partial charge in [-0.25, -0.2) is 0 Å². The maximum atomic E-state index is 13.9. The molecule has 0 radical (unpaired) electrons. The van der Waals surface area contributed by atoms with Crippen LogP contribution in [0.3, 0.4) is 0 Å². The molecule has 0 fully saturated rings. The van der Waals surface area contributed by atoms with E-state index < -0.39 is 34.1 Å². The Kier molecular flexibility index (Phi) is 12.2. The molecule has 0 aliphatic carbocycles. The van der Waals surface area contributed by atoms with Gasteiger partial charge in [-0.3, -0.25) is 14.1 Å². The SMILES string of the molecule is CC(C)(C)C=Cc1ccc(C(Cc2ccc(C(=O)NCCS(=O)(=O)O)cc2)C(=O)Nc2ccc(-c3ccc(OC(F)(F)F)cc3)cc2Cl)cc1. The molecular formula is C37H36ClF3N2O6S. The van der Waals surface area contributed by atoms with Gasteiger partial charge in [-0.2, -0.15) is 8.42 Å². The van der Waals surface area contributed by atoms with E-state index in [-0.39, 0.29) is 40.6 Å². The number of halogens is 4. The quantitative estimate of drug-likeness (QED) is 0.126. The zero-order valence-corrected chi connectivity index (χ0v) is 29.0. The molecule has 1 unspecified atom stereocenters. The highest BCUT2D eigenvalue weighted by molar-refractivity contribution is 7.85. The van der Waals surface area contributed by atoms with Gasteiger partial charge in [-0.05, 0) is 76.1 Å². The maximum absolute atomic E-state index is 13.9. The summed E-state index contributed by atoms with van der Waals surface area (Å²) in [6.45, 7) is 6.02. The number of ether oxygens (including phenoxy) is 1. The smallest absolute Gasteiger partial charge is 0.406 e. The number of carbonyl (C=O) groups is 2. The van der Waals surface area contributed by atoms with Gasteiger partial charge in [-0.1, -0.05) is 99.1 Å². The van der Waals surface area contributed by atoms with Gasteiger partial charge in [0.05, 0.1) is 22.4 Å². The van der Waals surface area contributed by atoms with E-state index in [4.69, 9.17) is 16.2 Å². The van der Waals surface area contributed by atoms with Crippen LogP contribution >= 0.6 is 11.6 Å². The van der Waals surface area contributed by atoms with E-state index >= 15 is 0 Å². The molecule has 264 valence electrons. The average Bonchev–Trinajstić information content (AvgIpc) is 3.03. The Balaban J connectivity index is 1.54. The molecule has 13 heteroatoms. The second-order valence-corrected chi connectivity index (χ2v) is 14.6. The number of allylic oxidation sites excluding steroid dienone is 1. The third-order valence-electron chi connectivity index (χ3n) is 7.38. The predicted molar refractivity (Wildman–Crippen MR) is 189 cm³/mol. The van der Waals surface area contributed by atoms with E-state index in [1.54, 1.807) is 42.5 Å². The highest BCUT2D eigenvalue weighted by Crippen LogP contribution is 2.32. The van der Waals surface area contributed by atoms with Crippen LogP contribution in [0, 0.1) is 5.41 Å². The van der Waals surface area contributed by atoms with Crippen molar-refractivity contribution in [2.24, 2.45) is 5.41 Å². The Hall–Kier alpha value is -4.65. The molecule has 0 bridgehead atoms. The molecular weight excluding hydrogens is 693 g/mol.